The lowest BCUT2D eigenvalue weighted by molar-refractivity contribution is -0.384. The number of carbonyl (C=O) groups excluding carboxylic acids is 1. The lowest BCUT2D eigenvalue weighted by Gasteiger charge is -2.16. The molecule has 0 aromatic heterocycles. The van der Waals surface area contributed by atoms with Gasteiger partial charge < -0.3 is 14.6 Å². The van der Waals surface area contributed by atoms with Crippen LogP contribution in [0.25, 0.3) is 16.8 Å². The number of hydrogen-bond acceptors (Lipinski definition) is 8. The molecule has 0 unspecified atom stereocenters. The number of benzene rings is 5. The summed E-state index contributed by atoms with van der Waals surface area (Å²) < 4.78 is 11.5. The average Bonchev–Trinajstić information content (AvgIpc) is 3.37. The zero-order valence-corrected chi connectivity index (χ0v) is 25.8. The van der Waals surface area contributed by atoms with Crippen molar-refractivity contribution in [3.05, 3.63) is 146 Å². The summed E-state index contributed by atoms with van der Waals surface area (Å²) in [5.74, 6) is -0.127. The Kier molecular flexibility index (Phi) is 8.98. The van der Waals surface area contributed by atoms with Crippen molar-refractivity contribution >= 4 is 57.0 Å². The van der Waals surface area contributed by atoms with Crippen molar-refractivity contribution in [3.8, 4) is 11.5 Å². The molecule has 1 aliphatic rings. The first-order valence-electron chi connectivity index (χ1n) is 14.4. The number of carboxylic acid groups (broad SMARTS) is 1. The first kappa shape index (κ1) is 31.1. The van der Waals surface area contributed by atoms with Crippen LogP contribution >= 0.6 is 11.8 Å². The van der Waals surface area contributed by atoms with Gasteiger partial charge in [-0.3, -0.25) is 19.8 Å². The number of nitrogens with zero attached hydrogens (tertiary/aromatic N) is 3. The number of fused-ring (bicyclic) bond motifs is 1. The van der Waals surface area contributed by atoms with Gasteiger partial charge >= 0.3 is 5.97 Å². The molecule has 234 valence electrons. The summed E-state index contributed by atoms with van der Waals surface area (Å²) in [5, 5.41) is 22.9. The number of nitro groups is 1. The molecule has 1 heterocycles. The number of amidine groups is 1. The van der Waals surface area contributed by atoms with Crippen molar-refractivity contribution < 1.29 is 29.1 Å². The van der Waals surface area contributed by atoms with Crippen molar-refractivity contribution in [2.75, 3.05) is 7.11 Å². The second-order valence-corrected chi connectivity index (χ2v) is 11.5. The van der Waals surface area contributed by atoms with Gasteiger partial charge in [0.15, 0.2) is 5.17 Å². The molecule has 47 heavy (non-hydrogen) atoms. The Morgan fingerprint density at radius 2 is 1.72 bits per heavy atom. The number of non-ortho nitro benzene ring substituents is 1. The molecule has 0 atom stereocenters. The Morgan fingerprint density at radius 3 is 2.45 bits per heavy atom. The van der Waals surface area contributed by atoms with Crippen LogP contribution in [-0.4, -0.2) is 39.1 Å². The fraction of sp³-hybridized carbons (Fsp3) is 0.0833. The van der Waals surface area contributed by atoms with E-state index in [1.54, 1.807) is 66.6 Å². The van der Waals surface area contributed by atoms with Gasteiger partial charge in [0, 0.05) is 17.7 Å². The van der Waals surface area contributed by atoms with E-state index in [1.807, 2.05) is 36.4 Å². The number of methoxy groups -OCH3 is 1. The molecule has 0 aliphatic carbocycles. The predicted octanol–water partition coefficient (Wildman–Crippen LogP) is 7.84. The molecule has 11 heteroatoms. The molecule has 0 spiro atoms. The molecule has 1 amide bonds. The van der Waals surface area contributed by atoms with Crippen molar-refractivity contribution in [1.82, 2.24) is 4.90 Å². The monoisotopic (exact) mass is 645 g/mol. The number of aliphatic imine (C=N–C) groups is 1. The Balaban J connectivity index is 1.38. The quantitative estimate of drug-likeness (QED) is 0.0923. The fourth-order valence-electron chi connectivity index (χ4n) is 5.04. The van der Waals surface area contributed by atoms with Gasteiger partial charge in [0.1, 0.15) is 18.1 Å². The molecular weight excluding hydrogens is 618 g/mol. The largest absolute Gasteiger partial charge is 0.497 e. The molecule has 1 fully saturated rings. The van der Waals surface area contributed by atoms with Gasteiger partial charge in [0.2, 0.25) is 0 Å². The van der Waals surface area contributed by atoms with Crippen LogP contribution in [0.2, 0.25) is 0 Å². The normalized spacial score (nSPS) is 14.6. The van der Waals surface area contributed by atoms with E-state index in [4.69, 9.17) is 14.5 Å². The van der Waals surface area contributed by atoms with E-state index < -0.39 is 10.9 Å². The number of ether oxygens (including phenoxy) is 2. The number of rotatable bonds is 10. The summed E-state index contributed by atoms with van der Waals surface area (Å²) in [4.78, 5) is 43.0. The number of nitro benzene ring substituents is 1. The second kappa shape index (κ2) is 13.6. The zero-order valence-electron chi connectivity index (χ0n) is 25.0. The SMILES string of the molecule is COc1ccc(N=C2S/C(=C\c3c(OCc4cccc([N+](=O)[O-])c4)ccc4ccccc34)C(=O)N2Cc2ccc(C(=O)O)cc2)cc1. The van der Waals surface area contributed by atoms with Gasteiger partial charge in [0.05, 0.1) is 34.7 Å². The third-order valence-corrected chi connectivity index (χ3v) is 8.46. The van der Waals surface area contributed by atoms with Gasteiger partial charge in [-0.15, -0.1) is 0 Å². The first-order valence-corrected chi connectivity index (χ1v) is 15.2. The van der Waals surface area contributed by atoms with E-state index in [0.717, 1.165) is 16.3 Å². The van der Waals surface area contributed by atoms with Crippen LogP contribution < -0.4 is 9.47 Å². The zero-order chi connectivity index (χ0) is 32.9. The molecule has 10 nitrogen and oxygen atoms in total. The molecule has 6 rings (SSSR count). The Morgan fingerprint density at radius 1 is 0.957 bits per heavy atom. The highest BCUT2D eigenvalue weighted by atomic mass is 32.2. The van der Waals surface area contributed by atoms with Crippen molar-refractivity contribution in [1.29, 1.82) is 0 Å². The minimum atomic E-state index is -1.03. The molecule has 0 radical (unpaired) electrons. The van der Waals surface area contributed by atoms with Gasteiger partial charge in [0.25, 0.3) is 11.6 Å². The van der Waals surface area contributed by atoms with E-state index in [2.05, 4.69) is 0 Å². The summed E-state index contributed by atoms with van der Waals surface area (Å²) in [6, 6.07) is 31.3. The van der Waals surface area contributed by atoms with Crippen molar-refractivity contribution in [2.24, 2.45) is 4.99 Å². The van der Waals surface area contributed by atoms with E-state index in [-0.39, 0.29) is 30.3 Å². The van der Waals surface area contributed by atoms with Gasteiger partial charge in [-0.1, -0.05) is 54.6 Å². The molecule has 0 bridgehead atoms. The van der Waals surface area contributed by atoms with E-state index >= 15 is 0 Å². The second-order valence-electron chi connectivity index (χ2n) is 10.5. The lowest BCUT2D eigenvalue weighted by atomic mass is 10.0. The molecular formula is C36H27N3O7S. The topological polar surface area (TPSA) is 132 Å². The smallest absolute Gasteiger partial charge is 0.335 e. The van der Waals surface area contributed by atoms with Gasteiger partial charge in [-0.25, -0.2) is 9.79 Å². The van der Waals surface area contributed by atoms with Crippen LogP contribution in [0.1, 0.15) is 27.0 Å². The fourth-order valence-corrected chi connectivity index (χ4v) is 6.02. The molecule has 5 aromatic rings. The Hall–Kier alpha value is -5.94. The van der Waals surface area contributed by atoms with Crippen molar-refractivity contribution in [3.63, 3.8) is 0 Å². The number of hydrogen-bond donors (Lipinski definition) is 1. The van der Waals surface area contributed by atoms with Crippen LogP contribution in [0.15, 0.2) is 119 Å². The molecule has 0 saturated carbocycles. The summed E-state index contributed by atoms with van der Waals surface area (Å²) in [6.07, 6.45) is 1.79. The number of carboxylic acids is 1. The highest BCUT2D eigenvalue weighted by Crippen LogP contribution is 2.39. The summed E-state index contributed by atoms with van der Waals surface area (Å²) >= 11 is 1.22. The number of thioether (sulfide) groups is 1. The average molecular weight is 646 g/mol. The maximum Gasteiger partial charge on any atom is 0.335 e. The highest BCUT2D eigenvalue weighted by Gasteiger charge is 2.34. The van der Waals surface area contributed by atoms with Gasteiger partial charge in [-0.2, -0.15) is 0 Å². The number of amides is 1. The van der Waals surface area contributed by atoms with Crippen LogP contribution in [0.3, 0.4) is 0 Å². The molecule has 1 saturated heterocycles. The molecule has 5 aromatic carbocycles. The summed E-state index contributed by atoms with van der Waals surface area (Å²) in [7, 11) is 1.58. The molecule has 1 aliphatic heterocycles. The standard InChI is InChI=1S/C36H27N3O7S/c1-45-29-16-14-27(15-17-29)37-36-38(21-23-9-11-26(12-10-23)35(41)42)34(40)33(47-36)20-31-30-8-3-2-6-25(30)13-18-32(31)46-22-24-5-4-7-28(19-24)39(43)44/h2-20H,21-22H2,1H3,(H,41,42)/b33-20-,37-36?. The van der Waals surface area contributed by atoms with E-state index in [9.17, 15) is 24.8 Å². The Labute approximate surface area is 273 Å². The minimum absolute atomic E-state index is 0.0266. The molecule has 1 N–H and O–H groups in total. The maximum absolute atomic E-state index is 14.1. The number of aromatic carboxylic acids is 1. The lowest BCUT2D eigenvalue weighted by Crippen LogP contribution is -2.28. The minimum Gasteiger partial charge on any atom is -0.497 e. The van der Waals surface area contributed by atoms with Crippen molar-refractivity contribution in [2.45, 2.75) is 13.2 Å². The van der Waals surface area contributed by atoms with Crippen LogP contribution in [0.5, 0.6) is 11.5 Å². The van der Waals surface area contributed by atoms with E-state index in [0.29, 0.717) is 38.4 Å². The predicted molar refractivity (Wildman–Crippen MR) is 181 cm³/mol. The number of carbonyl (C=O) groups is 2. The van der Waals surface area contributed by atoms with E-state index in [1.165, 1.54) is 36.0 Å². The maximum atomic E-state index is 14.1. The Bertz CT molecular complexity index is 2060. The third kappa shape index (κ3) is 7.00. The van der Waals surface area contributed by atoms with Crippen LogP contribution in [0, 0.1) is 10.1 Å². The van der Waals surface area contributed by atoms with Crippen LogP contribution in [0.4, 0.5) is 11.4 Å². The summed E-state index contributed by atoms with van der Waals surface area (Å²) in [5.41, 5.74) is 2.80. The highest BCUT2D eigenvalue weighted by molar-refractivity contribution is 8.18. The third-order valence-electron chi connectivity index (χ3n) is 7.45. The van der Waals surface area contributed by atoms with Gasteiger partial charge in [-0.05, 0) is 82.2 Å². The first-order chi connectivity index (χ1) is 22.8. The summed E-state index contributed by atoms with van der Waals surface area (Å²) in [6.45, 7) is 0.254. The van der Waals surface area contributed by atoms with Crippen LogP contribution in [-0.2, 0) is 17.9 Å².